The van der Waals surface area contributed by atoms with E-state index < -0.39 is 11.9 Å². The zero-order chi connectivity index (χ0) is 22.8. The van der Waals surface area contributed by atoms with Crippen LogP contribution in [0.3, 0.4) is 0 Å². The minimum absolute atomic E-state index is 0.0655. The summed E-state index contributed by atoms with van der Waals surface area (Å²) in [7, 11) is 3.11. The van der Waals surface area contributed by atoms with Gasteiger partial charge in [-0.2, -0.15) is 9.48 Å². The molecule has 4 rings (SSSR count). The molecule has 1 unspecified atom stereocenters. The number of amidine groups is 1. The first-order valence-corrected chi connectivity index (χ1v) is 11.8. The van der Waals surface area contributed by atoms with Crippen LogP contribution in [0.5, 0.6) is 0 Å². The Bertz CT molecular complexity index is 1030. The number of para-hydroxylation sites is 1. The fourth-order valence-corrected chi connectivity index (χ4v) is 5.44. The van der Waals surface area contributed by atoms with Crippen LogP contribution in [0.2, 0.25) is 0 Å². The Labute approximate surface area is 192 Å². The van der Waals surface area contributed by atoms with E-state index in [0.717, 1.165) is 28.5 Å². The van der Waals surface area contributed by atoms with Gasteiger partial charge in [-0.25, -0.2) is 4.79 Å². The van der Waals surface area contributed by atoms with Gasteiger partial charge in [0.1, 0.15) is 6.21 Å². The number of anilines is 1. The van der Waals surface area contributed by atoms with E-state index in [0.29, 0.717) is 25.3 Å². The number of aliphatic imine (C=N–C) groups is 1. The highest BCUT2D eigenvalue weighted by molar-refractivity contribution is 8.03. The Morgan fingerprint density at radius 1 is 1.16 bits per heavy atom. The van der Waals surface area contributed by atoms with Crippen molar-refractivity contribution in [2.45, 2.75) is 13.3 Å². The average molecular weight is 455 g/mol. The van der Waals surface area contributed by atoms with Crippen molar-refractivity contribution in [1.82, 2.24) is 9.80 Å². The monoisotopic (exact) mass is 454 g/mol. The number of allylic oxidation sites excluding steroid dienone is 1. The quantitative estimate of drug-likeness (QED) is 0.637. The number of piperazine rings is 1. The van der Waals surface area contributed by atoms with Crippen LogP contribution in [0.1, 0.15) is 13.3 Å². The van der Waals surface area contributed by atoms with Crippen molar-refractivity contribution in [1.29, 1.82) is 0 Å². The number of urea groups is 1. The molecule has 3 aliphatic rings. The van der Waals surface area contributed by atoms with E-state index in [1.54, 1.807) is 13.3 Å². The van der Waals surface area contributed by atoms with E-state index in [1.807, 2.05) is 30.0 Å². The molecule has 1 saturated heterocycles. The number of thioether (sulfide) groups is 1. The number of rotatable bonds is 5. The third kappa shape index (κ3) is 4.09. The molecule has 0 bridgehead atoms. The molecule has 1 atom stereocenters. The normalized spacial score (nSPS) is 21.5. The third-order valence-electron chi connectivity index (χ3n) is 6.17. The Morgan fingerprint density at radius 2 is 1.84 bits per heavy atom. The molecule has 0 aliphatic carbocycles. The summed E-state index contributed by atoms with van der Waals surface area (Å²) in [5.74, 6) is -0.165. The average Bonchev–Trinajstić information content (AvgIpc) is 2.84. The van der Waals surface area contributed by atoms with Crippen LogP contribution in [0.4, 0.5) is 10.5 Å². The second-order valence-corrected chi connectivity index (χ2v) is 9.04. The van der Waals surface area contributed by atoms with Crippen molar-refractivity contribution >= 4 is 47.3 Å². The van der Waals surface area contributed by atoms with E-state index >= 15 is 0 Å². The highest BCUT2D eigenvalue weighted by atomic mass is 32.2. The maximum Gasteiger partial charge on any atom is 0.445 e. The number of hydrogen-bond donors (Lipinski definition) is 0. The minimum atomic E-state index is -0.629. The predicted molar refractivity (Wildman–Crippen MR) is 126 cm³/mol. The van der Waals surface area contributed by atoms with Crippen molar-refractivity contribution in [3.05, 3.63) is 40.8 Å². The summed E-state index contributed by atoms with van der Waals surface area (Å²) in [6.45, 7) is 4.95. The lowest BCUT2D eigenvalue weighted by atomic mass is 9.97. The van der Waals surface area contributed by atoms with Crippen LogP contribution < -0.4 is 4.90 Å². The van der Waals surface area contributed by atoms with Crippen LogP contribution >= 0.6 is 11.8 Å². The number of amides is 4. The summed E-state index contributed by atoms with van der Waals surface area (Å²) in [4.78, 5) is 48.7. The highest BCUT2D eigenvalue weighted by Crippen LogP contribution is 2.35. The minimum Gasteiger partial charge on any atom is -0.368 e. The highest BCUT2D eigenvalue weighted by Gasteiger charge is 2.48. The van der Waals surface area contributed by atoms with E-state index in [1.165, 1.54) is 29.1 Å². The molecule has 1 fully saturated rings. The van der Waals surface area contributed by atoms with E-state index in [2.05, 4.69) is 22.0 Å². The number of nitrogens with zero attached hydrogens (tertiary/aromatic N) is 5. The molecule has 0 N–H and O–H groups in total. The first-order valence-electron chi connectivity index (χ1n) is 10.8. The molecule has 3 aliphatic heterocycles. The second kappa shape index (κ2) is 9.28. The first kappa shape index (κ1) is 22.3. The first-order chi connectivity index (χ1) is 15.4. The van der Waals surface area contributed by atoms with Gasteiger partial charge in [-0.3, -0.25) is 9.59 Å². The molecule has 1 aromatic rings. The number of fused-ring (bicyclic) bond motifs is 1. The van der Waals surface area contributed by atoms with Gasteiger partial charge in [0.15, 0.2) is 5.92 Å². The molecule has 3 heterocycles. The van der Waals surface area contributed by atoms with Crippen molar-refractivity contribution < 1.29 is 19.0 Å². The third-order valence-corrected chi connectivity index (χ3v) is 7.37. The van der Waals surface area contributed by atoms with E-state index in [-0.39, 0.29) is 17.6 Å². The van der Waals surface area contributed by atoms with Crippen molar-refractivity contribution in [2.24, 2.45) is 10.9 Å². The summed E-state index contributed by atoms with van der Waals surface area (Å²) in [5, 5.41) is 0. The maximum atomic E-state index is 13.0. The Morgan fingerprint density at radius 3 is 2.50 bits per heavy atom. The molecular formula is C23H28N5O3S+. The van der Waals surface area contributed by atoms with Crippen molar-refractivity contribution in [3.8, 4) is 0 Å². The summed E-state index contributed by atoms with van der Waals surface area (Å²) in [5.41, 5.74) is 2.12. The summed E-state index contributed by atoms with van der Waals surface area (Å²) < 4.78 is 1.42. The Balaban J connectivity index is 1.44. The molecule has 0 aromatic heterocycles. The summed E-state index contributed by atoms with van der Waals surface area (Å²) in [6.07, 6.45) is 2.42. The molecule has 8 nitrogen and oxygen atoms in total. The second-order valence-electron chi connectivity index (χ2n) is 8.02. The van der Waals surface area contributed by atoms with Crippen molar-refractivity contribution in [2.75, 3.05) is 50.9 Å². The molecule has 4 amide bonds. The predicted octanol–water partition coefficient (Wildman–Crippen LogP) is 2.07. The number of benzene rings is 1. The topological polar surface area (TPSA) is 76.3 Å². The van der Waals surface area contributed by atoms with Crippen LogP contribution in [0, 0.1) is 5.92 Å². The van der Waals surface area contributed by atoms with Gasteiger partial charge in [0.05, 0.1) is 19.8 Å². The number of imide groups is 1. The van der Waals surface area contributed by atoms with Crippen LogP contribution in [0.15, 0.2) is 45.8 Å². The molecule has 0 saturated carbocycles. The number of dihydropyridines is 1. The number of hydrogen-bond acceptors (Lipinski definition) is 6. The van der Waals surface area contributed by atoms with Crippen molar-refractivity contribution in [3.63, 3.8) is 0 Å². The largest absolute Gasteiger partial charge is 0.445 e. The number of carbonyl (C=O) groups excluding carboxylic acids is 3. The van der Waals surface area contributed by atoms with E-state index in [9.17, 15) is 14.4 Å². The van der Waals surface area contributed by atoms with Gasteiger partial charge in [0.2, 0.25) is 5.91 Å². The Kier molecular flexibility index (Phi) is 6.45. The lowest BCUT2D eigenvalue weighted by molar-refractivity contribution is -0.407. The van der Waals surface area contributed by atoms with Crippen LogP contribution in [-0.4, -0.2) is 90.3 Å². The summed E-state index contributed by atoms with van der Waals surface area (Å²) >= 11 is 1.40. The molecule has 9 heteroatoms. The smallest absolute Gasteiger partial charge is 0.368 e. The number of carbonyl (C=O) groups is 3. The van der Waals surface area contributed by atoms with Gasteiger partial charge in [-0.1, -0.05) is 25.1 Å². The van der Waals surface area contributed by atoms with Gasteiger partial charge in [-0.05, 0) is 24.1 Å². The lowest BCUT2D eigenvalue weighted by Crippen LogP contribution is -2.53. The standard InChI is InChI=1S/C23H28N5O3S/c1-4-16-14-24-21-19(22(30)26(3)23(31)25(21)2)20(16)32-15-18(29)28-12-10-27(11-13-28)17-8-6-5-7-9-17/h5-9,14,19H,4,10-13,15H2,1-3H3/q+1. The van der Waals surface area contributed by atoms with Crippen LogP contribution in [-0.2, 0) is 9.59 Å². The molecule has 1 aromatic carbocycles. The van der Waals surface area contributed by atoms with E-state index in [4.69, 9.17) is 0 Å². The fraction of sp³-hybridized carbons (Fsp3) is 0.435. The van der Waals surface area contributed by atoms with Gasteiger partial charge in [-0.15, -0.1) is 16.8 Å². The summed E-state index contributed by atoms with van der Waals surface area (Å²) in [6, 6.07) is 9.83. The van der Waals surface area contributed by atoms with Gasteiger partial charge in [0, 0.05) is 36.8 Å². The van der Waals surface area contributed by atoms with Gasteiger partial charge < -0.3 is 9.80 Å². The zero-order valence-corrected chi connectivity index (χ0v) is 19.5. The van der Waals surface area contributed by atoms with Crippen LogP contribution in [0.25, 0.3) is 0 Å². The lowest BCUT2D eigenvalue weighted by Gasteiger charge is -2.36. The zero-order valence-electron chi connectivity index (χ0n) is 18.7. The molecule has 168 valence electrons. The van der Waals surface area contributed by atoms with Gasteiger partial charge in [0.25, 0.3) is 5.84 Å². The molecule has 0 spiro atoms. The molecular weight excluding hydrogens is 426 g/mol. The SMILES string of the molecule is CCC1=C(SCC(=O)N2CCN(c3ccccc3)CC2)C2C(=O)N(C)C(=O)[N+](C)=C2N=C1. The Hall–Kier alpha value is -2.94. The molecule has 32 heavy (non-hydrogen) atoms. The maximum absolute atomic E-state index is 13.0. The molecule has 0 radical (unpaired) electrons. The fourth-order valence-electron chi connectivity index (χ4n) is 4.22. The van der Waals surface area contributed by atoms with Gasteiger partial charge >= 0.3 is 11.9 Å².